The fraction of sp³-hybridized carbons (Fsp3) is 0.214. The molecule has 0 spiro atoms. The van der Waals surface area contributed by atoms with Crippen molar-refractivity contribution in [3.8, 4) is 11.5 Å². The molecule has 0 bridgehead atoms. The third-order valence-corrected chi connectivity index (χ3v) is 3.41. The third kappa shape index (κ3) is 2.00. The minimum absolute atomic E-state index is 0.372. The summed E-state index contributed by atoms with van der Waals surface area (Å²) in [6.45, 7) is 2.90. The SMILES string of the molecule is CCCn1c(-c2nccnc2N)nc2cccc(Cl)c21. The lowest BCUT2D eigenvalue weighted by atomic mass is 10.3. The highest BCUT2D eigenvalue weighted by atomic mass is 35.5. The molecule has 3 rings (SSSR count). The number of para-hydroxylation sites is 1. The number of imidazole rings is 1. The molecule has 2 heterocycles. The molecule has 3 aromatic rings. The minimum atomic E-state index is 0.372. The van der Waals surface area contributed by atoms with Gasteiger partial charge in [-0.2, -0.15) is 0 Å². The minimum Gasteiger partial charge on any atom is -0.382 e. The van der Waals surface area contributed by atoms with Crippen molar-refractivity contribution in [1.29, 1.82) is 0 Å². The predicted octanol–water partition coefficient (Wildman–Crippen LogP) is 3.14. The maximum atomic E-state index is 6.31. The molecule has 0 aliphatic heterocycles. The standard InChI is InChI=1S/C14H14ClN5/c1-2-8-20-12-9(15)4-3-5-10(12)19-14(20)11-13(16)18-7-6-17-11/h3-7H,2,8H2,1H3,(H2,16,18). The second-order valence-corrected chi connectivity index (χ2v) is 4.89. The van der Waals surface area contributed by atoms with Gasteiger partial charge in [0, 0.05) is 18.9 Å². The number of fused-ring (bicyclic) bond motifs is 1. The molecule has 0 unspecified atom stereocenters. The first-order chi connectivity index (χ1) is 9.72. The molecule has 0 aliphatic carbocycles. The van der Waals surface area contributed by atoms with Gasteiger partial charge in [-0.25, -0.2) is 15.0 Å². The summed E-state index contributed by atoms with van der Waals surface area (Å²) in [6.07, 6.45) is 4.14. The summed E-state index contributed by atoms with van der Waals surface area (Å²) >= 11 is 6.31. The van der Waals surface area contributed by atoms with Crippen LogP contribution in [0.2, 0.25) is 5.02 Å². The van der Waals surface area contributed by atoms with E-state index in [0.29, 0.717) is 22.4 Å². The van der Waals surface area contributed by atoms with E-state index in [1.54, 1.807) is 12.4 Å². The van der Waals surface area contributed by atoms with Crippen molar-refractivity contribution in [1.82, 2.24) is 19.5 Å². The van der Waals surface area contributed by atoms with E-state index < -0.39 is 0 Å². The van der Waals surface area contributed by atoms with Gasteiger partial charge in [0.05, 0.1) is 16.1 Å². The zero-order chi connectivity index (χ0) is 14.1. The Morgan fingerprint density at radius 1 is 1.25 bits per heavy atom. The summed E-state index contributed by atoms with van der Waals surface area (Å²) in [6, 6.07) is 5.68. The molecule has 0 radical (unpaired) electrons. The van der Waals surface area contributed by atoms with Crippen LogP contribution in [0.4, 0.5) is 5.82 Å². The average molecular weight is 288 g/mol. The molecule has 20 heavy (non-hydrogen) atoms. The highest BCUT2D eigenvalue weighted by molar-refractivity contribution is 6.35. The van der Waals surface area contributed by atoms with Crippen LogP contribution in [0.25, 0.3) is 22.6 Å². The van der Waals surface area contributed by atoms with Crippen LogP contribution in [0.5, 0.6) is 0 Å². The van der Waals surface area contributed by atoms with Crippen LogP contribution < -0.4 is 5.73 Å². The molecule has 0 saturated carbocycles. The number of hydrogen-bond acceptors (Lipinski definition) is 4. The van der Waals surface area contributed by atoms with Gasteiger partial charge in [0.25, 0.3) is 0 Å². The van der Waals surface area contributed by atoms with Crippen LogP contribution in [-0.2, 0) is 6.54 Å². The van der Waals surface area contributed by atoms with Crippen molar-refractivity contribution in [2.45, 2.75) is 19.9 Å². The summed E-state index contributed by atoms with van der Waals surface area (Å²) in [4.78, 5) is 13.0. The van der Waals surface area contributed by atoms with Crippen molar-refractivity contribution in [2.75, 3.05) is 5.73 Å². The number of nitrogen functional groups attached to an aromatic ring is 1. The summed E-state index contributed by atoms with van der Waals surface area (Å²) < 4.78 is 2.05. The van der Waals surface area contributed by atoms with Crippen LogP contribution >= 0.6 is 11.6 Å². The van der Waals surface area contributed by atoms with Crippen LogP contribution in [0.1, 0.15) is 13.3 Å². The molecule has 0 aliphatic rings. The molecule has 5 nitrogen and oxygen atoms in total. The number of rotatable bonds is 3. The van der Waals surface area contributed by atoms with Gasteiger partial charge in [-0.15, -0.1) is 0 Å². The molecule has 0 amide bonds. The number of anilines is 1. The van der Waals surface area contributed by atoms with Crippen LogP contribution in [-0.4, -0.2) is 19.5 Å². The molecule has 6 heteroatoms. The van der Waals surface area contributed by atoms with E-state index in [1.807, 2.05) is 18.2 Å². The number of aromatic nitrogens is 4. The smallest absolute Gasteiger partial charge is 0.163 e. The highest BCUT2D eigenvalue weighted by Gasteiger charge is 2.17. The normalized spacial score (nSPS) is 11.1. The molecule has 0 fully saturated rings. The molecule has 102 valence electrons. The van der Waals surface area contributed by atoms with Crippen LogP contribution in [0, 0.1) is 0 Å². The van der Waals surface area contributed by atoms with Crippen molar-refractivity contribution in [3.05, 3.63) is 35.6 Å². The molecule has 1 aromatic carbocycles. The highest BCUT2D eigenvalue weighted by Crippen LogP contribution is 2.30. The maximum Gasteiger partial charge on any atom is 0.163 e. The Labute approximate surface area is 121 Å². The molecular weight excluding hydrogens is 274 g/mol. The van der Waals surface area contributed by atoms with Crippen molar-refractivity contribution >= 4 is 28.5 Å². The Hall–Kier alpha value is -2.14. The first-order valence-electron chi connectivity index (χ1n) is 6.44. The summed E-state index contributed by atoms with van der Waals surface area (Å²) in [5, 5.41) is 0.678. The monoisotopic (exact) mass is 287 g/mol. The molecule has 0 saturated heterocycles. The van der Waals surface area contributed by atoms with Crippen molar-refractivity contribution in [3.63, 3.8) is 0 Å². The molecular formula is C14H14ClN5. The Kier molecular flexibility index (Phi) is 3.28. The van der Waals surface area contributed by atoms with Gasteiger partial charge in [0.15, 0.2) is 11.6 Å². The topological polar surface area (TPSA) is 69.6 Å². The lowest BCUT2D eigenvalue weighted by molar-refractivity contribution is 0.702. The van der Waals surface area contributed by atoms with Gasteiger partial charge in [-0.1, -0.05) is 24.6 Å². The number of nitrogens with two attached hydrogens (primary N) is 1. The van der Waals surface area contributed by atoms with E-state index in [0.717, 1.165) is 24.0 Å². The lowest BCUT2D eigenvalue weighted by Gasteiger charge is -2.08. The van der Waals surface area contributed by atoms with Gasteiger partial charge in [-0.05, 0) is 18.6 Å². The fourth-order valence-electron chi connectivity index (χ4n) is 2.28. The second kappa shape index (κ2) is 5.09. The fourth-order valence-corrected chi connectivity index (χ4v) is 2.56. The summed E-state index contributed by atoms with van der Waals surface area (Å²) in [7, 11) is 0. The third-order valence-electron chi connectivity index (χ3n) is 3.10. The van der Waals surface area contributed by atoms with Gasteiger partial charge in [0.2, 0.25) is 0 Å². The number of nitrogens with zero attached hydrogens (tertiary/aromatic N) is 4. The predicted molar refractivity (Wildman–Crippen MR) is 80.5 cm³/mol. The Morgan fingerprint density at radius 3 is 2.80 bits per heavy atom. The molecule has 2 aromatic heterocycles. The number of halogens is 1. The Balaban J connectivity index is 2.33. The van der Waals surface area contributed by atoms with Gasteiger partial charge >= 0.3 is 0 Å². The van der Waals surface area contributed by atoms with Crippen molar-refractivity contribution in [2.24, 2.45) is 0 Å². The first-order valence-corrected chi connectivity index (χ1v) is 6.81. The number of aryl methyl sites for hydroxylation is 1. The Bertz CT molecular complexity index is 765. The van der Waals surface area contributed by atoms with Gasteiger partial charge < -0.3 is 10.3 Å². The van der Waals surface area contributed by atoms with E-state index in [-0.39, 0.29) is 0 Å². The first kappa shape index (κ1) is 12.9. The molecule has 2 N–H and O–H groups in total. The maximum absolute atomic E-state index is 6.31. The zero-order valence-corrected chi connectivity index (χ0v) is 11.8. The molecule has 0 atom stereocenters. The lowest BCUT2D eigenvalue weighted by Crippen LogP contribution is -2.04. The second-order valence-electron chi connectivity index (χ2n) is 4.48. The van der Waals surface area contributed by atoms with E-state index in [2.05, 4.69) is 26.4 Å². The quantitative estimate of drug-likeness (QED) is 0.803. The zero-order valence-electron chi connectivity index (χ0n) is 11.0. The van der Waals surface area contributed by atoms with Crippen molar-refractivity contribution < 1.29 is 0 Å². The van der Waals surface area contributed by atoms with E-state index in [1.165, 1.54) is 0 Å². The largest absolute Gasteiger partial charge is 0.382 e. The van der Waals surface area contributed by atoms with Crippen LogP contribution in [0.3, 0.4) is 0 Å². The van der Waals surface area contributed by atoms with E-state index in [9.17, 15) is 0 Å². The van der Waals surface area contributed by atoms with Gasteiger partial charge in [0.1, 0.15) is 5.69 Å². The summed E-state index contributed by atoms with van der Waals surface area (Å²) in [5.74, 6) is 1.08. The number of benzene rings is 1. The Morgan fingerprint density at radius 2 is 2.05 bits per heavy atom. The van der Waals surface area contributed by atoms with E-state index in [4.69, 9.17) is 17.3 Å². The number of hydrogen-bond donors (Lipinski definition) is 1. The van der Waals surface area contributed by atoms with E-state index >= 15 is 0 Å². The van der Waals surface area contributed by atoms with Crippen LogP contribution in [0.15, 0.2) is 30.6 Å². The van der Waals surface area contributed by atoms with Gasteiger partial charge in [-0.3, -0.25) is 0 Å². The summed E-state index contributed by atoms with van der Waals surface area (Å²) in [5.41, 5.74) is 8.26. The average Bonchev–Trinajstić information content (AvgIpc) is 2.80.